The molecule has 11 aromatic carbocycles. The SMILES string of the molecule is c1ccc(-c2nc(-c3ccc(-c4ccc5c(c4)C4c6ccccc6C5c5cc(-c6ccc(-c7nc(-c8ccccc8)nc(-c8ccc(-c9cc%10ccccc%10o9)cc8)n7)cc6)ccc54)cc3)nc(-c3ccc(-c4cc5ccccc5o4)cc3)n2)cc1. The van der Waals surface area contributed by atoms with Crippen molar-refractivity contribution < 1.29 is 8.83 Å². The number of aromatic nitrogens is 6. The van der Waals surface area contributed by atoms with Gasteiger partial charge in [0.15, 0.2) is 34.9 Å². The van der Waals surface area contributed by atoms with Gasteiger partial charge in [-0.25, -0.2) is 29.9 Å². The molecule has 0 aliphatic heterocycles. The summed E-state index contributed by atoms with van der Waals surface area (Å²) >= 11 is 0. The number of hydrogen-bond acceptors (Lipinski definition) is 8. The molecule has 2 bridgehead atoms. The molecule has 0 N–H and O–H groups in total. The minimum atomic E-state index is 0.1000. The Morgan fingerprint density at radius 1 is 0.198 bits per heavy atom. The van der Waals surface area contributed by atoms with Crippen LogP contribution in [0.4, 0.5) is 0 Å². The standard InChI is InChI=1S/C78H48N6O2/c1-3-13-51(14-4-1)73-79-75(83-77(81-73)55-35-27-49(28-36-55)69-45-59-17-7-11-21-67(59)85-69)53-31-23-47(24-32-53)57-39-41-63-65(43-57)71-61-19-9-10-20-62(61)72(63)66-44-58(40-42-64(66)71)48-25-33-54(34-26-48)76-80-74(52-15-5-2-6-16-52)82-78(84-76)56-37-29-50(30-38-56)70-46-60-18-8-12-22-68(60)86-70/h1-46,71-72H. The largest absolute Gasteiger partial charge is 0.456 e. The van der Waals surface area contributed by atoms with Gasteiger partial charge in [0, 0.05) is 67.1 Å². The second-order valence-electron chi connectivity index (χ2n) is 22.1. The first-order chi connectivity index (χ1) is 42.5. The van der Waals surface area contributed by atoms with Crippen LogP contribution in [0.15, 0.2) is 288 Å². The van der Waals surface area contributed by atoms with E-state index in [1.165, 1.54) is 44.5 Å². The minimum Gasteiger partial charge on any atom is -0.456 e. The highest BCUT2D eigenvalue weighted by molar-refractivity contribution is 5.85. The van der Waals surface area contributed by atoms with Crippen molar-refractivity contribution >= 4 is 21.9 Å². The Morgan fingerprint density at radius 2 is 0.465 bits per heavy atom. The van der Waals surface area contributed by atoms with Gasteiger partial charge in [-0.05, 0) is 92.0 Å². The predicted molar refractivity (Wildman–Crippen MR) is 342 cm³/mol. The average Bonchev–Trinajstić information content (AvgIpc) is 0.985. The van der Waals surface area contributed by atoms with E-state index in [1.54, 1.807) is 0 Å². The first-order valence-electron chi connectivity index (χ1n) is 29.0. The highest BCUT2D eigenvalue weighted by atomic mass is 16.3. The van der Waals surface area contributed by atoms with Crippen LogP contribution in [0.5, 0.6) is 0 Å². The molecule has 15 aromatic rings. The monoisotopic (exact) mass is 1100 g/mol. The van der Waals surface area contributed by atoms with Crippen LogP contribution in [0.25, 0.3) is 135 Å². The Kier molecular flexibility index (Phi) is 11.5. The molecule has 4 aromatic heterocycles. The van der Waals surface area contributed by atoms with Gasteiger partial charge in [0.1, 0.15) is 22.7 Å². The van der Waals surface area contributed by atoms with Crippen molar-refractivity contribution in [1.29, 1.82) is 0 Å². The van der Waals surface area contributed by atoms with E-state index in [0.717, 1.165) is 89.1 Å². The molecule has 0 spiro atoms. The Hall–Kier alpha value is -11.5. The highest BCUT2D eigenvalue weighted by Crippen LogP contribution is 2.57. The van der Waals surface area contributed by atoms with Gasteiger partial charge in [-0.15, -0.1) is 0 Å². The fraction of sp³-hybridized carbons (Fsp3) is 0.0256. The number of hydrogen-bond donors (Lipinski definition) is 0. The second-order valence-corrected chi connectivity index (χ2v) is 22.1. The lowest BCUT2D eigenvalue weighted by molar-refractivity contribution is 0.631. The number of benzene rings is 11. The fourth-order valence-corrected chi connectivity index (χ4v) is 12.7. The zero-order valence-electron chi connectivity index (χ0n) is 46.2. The lowest BCUT2D eigenvalue weighted by Gasteiger charge is -2.42. The normalized spacial score (nSPS) is 13.8. The van der Waals surface area contributed by atoms with Crippen LogP contribution in [0.1, 0.15) is 45.2 Å². The zero-order valence-corrected chi connectivity index (χ0v) is 46.2. The van der Waals surface area contributed by atoms with Crippen molar-refractivity contribution in [1.82, 2.24) is 29.9 Å². The van der Waals surface area contributed by atoms with Crippen molar-refractivity contribution in [3.63, 3.8) is 0 Å². The van der Waals surface area contributed by atoms with Crippen LogP contribution in [-0.2, 0) is 0 Å². The summed E-state index contributed by atoms with van der Waals surface area (Å²) < 4.78 is 12.4. The van der Waals surface area contributed by atoms with Crippen LogP contribution in [0.3, 0.4) is 0 Å². The zero-order chi connectivity index (χ0) is 56.7. The molecule has 0 radical (unpaired) electrons. The van der Waals surface area contributed by atoms with E-state index in [-0.39, 0.29) is 11.8 Å². The number of fused-ring (bicyclic) bond motifs is 2. The summed E-state index contributed by atoms with van der Waals surface area (Å²) in [6.45, 7) is 0. The quantitative estimate of drug-likeness (QED) is 0.133. The highest BCUT2D eigenvalue weighted by Gasteiger charge is 2.41. The molecular weight excluding hydrogens is 1050 g/mol. The maximum atomic E-state index is 6.18. The van der Waals surface area contributed by atoms with Gasteiger partial charge >= 0.3 is 0 Å². The molecule has 2 unspecified atom stereocenters. The van der Waals surface area contributed by atoms with Crippen molar-refractivity contribution in [3.8, 4) is 113 Å². The molecule has 0 saturated carbocycles. The molecule has 8 nitrogen and oxygen atoms in total. The van der Waals surface area contributed by atoms with Crippen LogP contribution in [0, 0.1) is 0 Å². The number of rotatable bonds is 10. The van der Waals surface area contributed by atoms with Crippen molar-refractivity contribution in [3.05, 3.63) is 312 Å². The Morgan fingerprint density at radius 3 is 0.814 bits per heavy atom. The van der Waals surface area contributed by atoms with Gasteiger partial charge in [0.05, 0.1) is 0 Å². The number of para-hydroxylation sites is 2. The van der Waals surface area contributed by atoms with Gasteiger partial charge in [-0.3, -0.25) is 0 Å². The third-order valence-electron chi connectivity index (χ3n) is 17.0. The lowest BCUT2D eigenvalue weighted by Crippen LogP contribution is -2.27. The van der Waals surface area contributed by atoms with Gasteiger partial charge in [0.25, 0.3) is 0 Å². The molecule has 402 valence electrons. The Bertz CT molecular complexity index is 4710. The van der Waals surface area contributed by atoms with Crippen LogP contribution in [-0.4, -0.2) is 29.9 Å². The number of furan rings is 2. The average molecular weight is 1100 g/mol. The predicted octanol–water partition coefficient (Wildman–Crippen LogP) is 19.2. The van der Waals surface area contributed by atoms with E-state index in [4.69, 9.17) is 38.7 Å². The van der Waals surface area contributed by atoms with E-state index in [0.29, 0.717) is 34.9 Å². The molecule has 0 saturated heterocycles. The Labute approximate surface area is 495 Å². The molecule has 2 atom stereocenters. The van der Waals surface area contributed by atoms with Gasteiger partial charge in [-0.1, -0.05) is 243 Å². The summed E-state index contributed by atoms with van der Waals surface area (Å²) in [5, 5.41) is 2.15. The second kappa shape index (κ2) is 20.2. The van der Waals surface area contributed by atoms with Crippen LogP contribution in [0.2, 0.25) is 0 Å². The third kappa shape index (κ3) is 8.61. The summed E-state index contributed by atoms with van der Waals surface area (Å²) in [5.41, 5.74) is 21.9. The van der Waals surface area contributed by atoms with E-state index in [1.807, 2.05) is 97.1 Å². The maximum Gasteiger partial charge on any atom is 0.164 e. The first kappa shape index (κ1) is 49.2. The summed E-state index contributed by atoms with van der Waals surface area (Å²) in [5.74, 6) is 5.51. The molecule has 3 aliphatic rings. The smallest absolute Gasteiger partial charge is 0.164 e. The molecule has 18 rings (SSSR count). The summed E-state index contributed by atoms with van der Waals surface area (Å²) in [6, 6.07) is 97.4. The van der Waals surface area contributed by atoms with E-state index in [2.05, 4.69) is 182 Å². The topological polar surface area (TPSA) is 104 Å². The third-order valence-corrected chi connectivity index (χ3v) is 17.0. The lowest BCUT2D eigenvalue weighted by atomic mass is 9.60. The summed E-state index contributed by atoms with van der Waals surface area (Å²) in [4.78, 5) is 30.3. The molecule has 86 heavy (non-hydrogen) atoms. The summed E-state index contributed by atoms with van der Waals surface area (Å²) in [6.07, 6.45) is 0. The number of nitrogens with zero attached hydrogens (tertiary/aromatic N) is 6. The van der Waals surface area contributed by atoms with Gasteiger partial charge in [-0.2, -0.15) is 0 Å². The molecular formula is C78H48N6O2. The maximum absolute atomic E-state index is 6.18. The first-order valence-corrected chi connectivity index (χ1v) is 29.0. The van der Waals surface area contributed by atoms with Gasteiger partial charge in [0.2, 0.25) is 0 Å². The molecule has 8 heteroatoms. The molecule has 0 amide bonds. The molecule has 4 heterocycles. The van der Waals surface area contributed by atoms with E-state index < -0.39 is 0 Å². The molecule has 0 fully saturated rings. The van der Waals surface area contributed by atoms with Crippen LogP contribution >= 0.6 is 0 Å². The summed E-state index contributed by atoms with van der Waals surface area (Å²) in [7, 11) is 0. The van der Waals surface area contributed by atoms with E-state index >= 15 is 0 Å². The van der Waals surface area contributed by atoms with Crippen molar-refractivity contribution in [2.24, 2.45) is 0 Å². The fourth-order valence-electron chi connectivity index (χ4n) is 12.7. The van der Waals surface area contributed by atoms with Crippen molar-refractivity contribution in [2.75, 3.05) is 0 Å². The van der Waals surface area contributed by atoms with Crippen molar-refractivity contribution in [2.45, 2.75) is 11.8 Å². The minimum absolute atomic E-state index is 0.1000. The van der Waals surface area contributed by atoms with Gasteiger partial charge < -0.3 is 8.83 Å². The van der Waals surface area contributed by atoms with E-state index in [9.17, 15) is 0 Å². The molecule has 3 aliphatic carbocycles. The Balaban J connectivity index is 0.661. The van der Waals surface area contributed by atoms with Crippen LogP contribution < -0.4 is 0 Å².